The minimum atomic E-state index is 0.0272. The topological polar surface area (TPSA) is 61.0 Å². The first-order valence-electron chi connectivity index (χ1n) is 7.28. The molecule has 0 unspecified atom stereocenters. The summed E-state index contributed by atoms with van der Waals surface area (Å²) in [7, 11) is 0. The summed E-state index contributed by atoms with van der Waals surface area (Å²) in [5, 5.41) is 14.2. The van der Waals surface area contributed by atoms with Crippen LogP contribution in [0.4, 0.5) is 4.79 Å². The fourth-order valence-corrected chi connectivity index (χ4v) is 3.50. The number of thiophene rings is 1. The molecule has 2 N–H and O–H groups in total. The van der Waals surface area contributed by atoms with E-state index < -0.39 is 0 Å². The van der Waals surface area contributed by atoms with Gasteiger partial charge in [-0.1, -0.05) is 0 Å². The number of amides is 2. The van der Waals surface area contributed by atoms with E-state index in [1.807, 2.05) is 11.8 Å². The summed E-state index contributed by atoms with van der Waals surface area (Å²) in [5.74, 6) is 0.608. The second-order valence-electron chi connectivity index (χ2n) is 5.50. The number of piperidine rings is 1. The Balaban J connectivity index is 1.48. The second kappa shape index (κ2) is 6.30. The minimum Gasteiger partial charge on any atom is -0.334 e. The van der Waals surface area contributed by atoms with Crippen molar-refractivity contribution in [1.29, 1.82) is 0 Å². The van der Waals surface area contributed by atoms with Crippen molar-refractivity contribution >= 4 is 17.4 Å². The van der Waals surface area contributed by atoms with E-state index in [1.165, 1.54) is 5.56 Å². The number of carbonyl (C=O) groups is 1. The molecule has 0 aliphatic carbocycles. The zero-order valence-corrected chi connectivity index (χ0v) is 12.9. The number of likely N-dealkylation sites (tertiary alicyclic amines) is 1. The number of hydrogen-bond acceptors (Lipinski definition) is 3. The Morgan fingerprint density at radius 1 is 1.52 bits per heavy atom. The average Bonchev–Trinajstić information content (AvgIpc) is 3.17. The zero-order chi connectivity index (χ0) is 14.7. The number of aryl methyl sites for hydroxylation is 1. The standard InChI is InChI=1S/C15H20N4OS/c1-11-14(9-17-18-11)8-16-15(20)19-5-2-12(3-6-19)13-4-7-21-10-13/h4,7,9-10,12H,2-3,5-6,8H2,1H3,(H,16,20)(H,17,18). The number of aromatic nitrogens is 2. The van der Waals surface area contributed by atoms with Gasteiger partial charge in [0.15, 0.2) is 0 Å². The van der Waals surface area contributed by atoms with Gasteiger partial charge < -0.3 is 10.2 Å². The SMILES string of the molecule is Cc1[nH]ncc1CNC(=O)N1CCC(c2ccsc2)CC1. The number of nitrogens with one attached hydrogen (secondary N) is 2. The van der Waals surface area contributed by atoms with E-state index >= 15 is 0 Å². The highest BCUT2D eigenvalue weighted by Gasteiger charge is 2.23. The van der Waals surface area contributed by atoms with Gasteiger partial charge in [0.25, 0.3) is 0 Å². The molecule has 2 aromatic rings. The molecule has 6 heteroatoms. The number of nitrogens with zero attached hydrogens (tertiary/aromatic N) is 2. The summed E-state index contributed by atoms with van der Waals surface area (Å²) in [6, 6.07) is 2.23. The summed E-state index contributed by atoms with van der Waals surface area (Å²) in [6.07, 6.45) is 3.86. The van der Waals surface area contributed by atoms with Crippen molar-refractivity contribution < 1.29 is 4.79 Å². The summed E-state index contributed by atoms with van der Waals surface area (Å²) in [6.45, 7) is 4.15. The van der Waals surface area contributed by atoms with E-state index in [0.717, 1.165) is 37.2 Å². The molecule has 0 aromatic carbocycles. The lowest BCUT2D eigenvalue weighted by atomic mass is 9.91. The van der Waals surface area contributed by atoms with Crippen molar-refractivity contribution in [3.05, 3.63) is 39.8 Å². The lowest BCUT2D eigenvalue weighted by Crippen LogP contribution is -2.43. The number of carbonyl (C=O) groups excluding carboxylic acids is 1. The van der Waals surface area contributed by atoms with Gasteiger partial charge in [0, 0.05) is 30.9 Å². The van der Waals surface area contributed by atoms with Crippen molar-refractivity contribution in [2.75, 3.05) is 13.1 Å². The van der Waals surface area contributed by atoms with Crippen LogP contribution in [0, 0.1) is 6.92 Å². The highest BCUT2D eigenvalue weighted by molar-refractivity contribution is 7.07. The minimum absolute atomic E-state index is 0.0272. The molecule has 0 bridgehead atoms. The van der Waals surface area contributed by atoms with Crippen molar-refractivity contribution in [3.8, 4) is 0 Å². The number of H-pyrrole nitrogens is 1. The third kappa shape index (κ3) is 3.26. The molecule has 5 nitrogen and oxygen atoms in total. The van der Waals surface area contributed by atoms with Crippen molar-refractivity contribution in [2.24, 2.45) is 0 Å². The maximum absolute atomic E-state index is 12.2. The lowest BCUT2D eigenvalue weighted by molar-refractivity contribution is 0.181. The van der Waals surface area contributed by atoms with E-state index in [4.69, 9.17) is 0 Å². The van der Waals surface area contributed by atoms with E-state index in [9.17, 15) is 4.79 Å². The van der Waals surface area contributed by atoms with Crippen molar-refractivity contribution in [3.63, 3.8) is 0 Å². The summed E-state index contributed by atoms with van der Waals surface area (Å²) < 4.78 is 0. The second-order valence-corrected chi connectivity index (χ2v) is 6.28. The molecule has 3 heterocycles. The van der Waals surface area contributed by atoms with Crippen LogP contribution in [0.3, 0.4) is 0 Å². The lowest BCUT2D eigenvalue weighted by Gasteiger charge is -2.31. The van der Waals surface area contributed by atoms with Crippen LogP contribution >= 0.6 is 11.3 Å². The van der Waals surface area contributed by atoms with Crippen LogP contribution in [0.2, 0.25) is 0 Å². The van der Waals surface area contributed by atoms with Gasteiger partial charge in [-0.05, 0) is 48.1 Å². The summed E-state index contributed by atoms with van der Waals surface area (Å²) in [5.41, 5.74) is 3.47. The fraction of sp³-hybridized carbons (Fsp3) is 0.467. The Hall–Kier alpha value is -1.82. The quantitative estimate of drug-likeness (QED) is 0.916. The molecule has 0 spiro atoms. The number of rotatable bonds is 3. The molecule has 21 heavy (non-hydrogen) atoms. The van der Waals surface area contributed by atoms with Crippen molar-refractivity contribution in [1.82, 2.24) is 20.4 Å². The normalized spacial score (nSPS) is 16.1. The Bertz CT molecular complexity index is 585. The number of hydrogen-bond donors (Lipinski definition) is 2. The van der Waals surface area contributed by atoms with Crippen LogP contribution in [0.5, 0.6) is 0 Å². The first kappa shape index (κ1) is 14.1. The molecule has 0 atom stereocenters. The first-order valence-corrected chi connectivity index (χ1v) is 8.22. The van der Waals surface area contributed by atoms with Gasteiger partial charge in [-0.2, -0.15) is 16.4 Å². The molecule has 2 aromatic heterocycles. The third-order valence-corrected chi connectivity index (χ3v) is 4.86. The molecule has 2 amide bonds. The molecule has 112 valence electrons. The maximum atomic E-state index is 12.2. The monoisotopic (exact) mass is 304 g/mol. The molecule has 1 fully saturated rings. The smallest absolute Gasteiger partial charge is 0.317 e. The predicted molar refractivity (Wildman–Crippen MR) is 83.4 cm³/mol. The third-order valence-electron chi connectivity index (χ3n) is 4.16. The van der Waals surface area contributed by atoms with Crippen LogP contribution in [-0.4, -0.2) is 34.2 Å². The molecule has 1 aliphatic heterocycles. The van der Waals surface area contributed by atoms with Gasteiger partial charge in [0.1, 0.15) is 0 Å². The summed E-state index contributed by atoms with van der Waals surface area (Å²) in [4.78, 5) is 14.1. The van der Waals surface area contributed by atoms with Gasteiger partial charge in [0.05, 0.1) is 6.20 Å². The van der Waals surface area contributed by atoms with E-state index in [-0.39, 0.29) is 6.03 Å². The molecule has 0 radical (unpaired) electrons. The fourth-order valence-electron chi connectivity index (χ4n) is 2.76. The van der Waals surface area contributed by atoms with E-state index in [0.29, 0.717) is 12.5 Å². The van der Waals surface area contributed by atoms with Crippen LogP contribution in [0.15, 0.2) is 23.0 Å². The maximum Gasteiger partial charge on any atom is 0.317 e. The van der Waals surface area contributed by atoms with Crippen molar-refractivity contribution in [2.45, 2.75) is 32.2 Å². The summed E-state index contributed by atoms with van der Waals surface area (Å²) >= 11 is 1.75. The van der Waals surface area contributed by atoms with E-state index in [2.05, 4.69) is 32.3 Å². The molecular weight excluding hydrogens is 284 g/mol. The molecule has 3 rings (SSSR count). The van der Waals surface area contributed by atoms with Crippen LogP contribution in [0.25, 0.3) is 0 Å². The Kier molecular flexibility index (Phi) is 4.24. The van der Waals surface area contributed by atoms with Gasteiger partial charge in [-0.3, -0.25) is 5.10 Å². The molecular formula is C15H20N4OS. The Morgan fingerprint density at radius 2 is 2.33 bits per heavy atom. The zero-order valence-electron chi connectivity index (χ0n) is 12.1. The van der Waals surface area contributed by atoms with Gasteiger partial charge in [-0.25, -0.2) is 4.79 Å². The molecule has 1 aliphatic rings. The average molecular weight is 304 g/mol. The molecule has 1 saturated heterocycles. The van der Waals surface area contributed by atoms with Gasteiger partial charge >= 0.3 is 6.03 Å². The Morgan fingerprint density at radius 3 is 2.95 bits per heavy atom. The van der Waals surface area contributed by atoms with Gasteiger partial charge in [-0.15, -0.1) is 0 Å². The van der Waals surface area contributed by atoms with E-state index in [1.54, 1.807) is 17.5 Å². The predicted octanol–water partition coefficient (Wildman–Crippen LogP) is 2.87. The Labute approximate surface area is 128 Å². The largest absolute Gasteiger partial charge is 0.334 e. The van der Waals surface area contributed by atoms with Crippen LogP contribution in [-0.2, 0) is 6.54 Å². The highest BCUT2D eigenvalue weighted by atomic mass is 32.1. The first-order chi connectivity index (χ1) is 10.2. The number of urea groups is 1. The molecule has 0 saturated carbocycles. The van der Waals surface area contributed by atoms with Crippen LogP contribution in [0.1, 0.15) is 35.6 Å². The van der Waals surface area contributed by atoms with Crippen LogP contribution < -0.4 is 5.32 Å². The number of aromatic amines is 1. The van der Waals surface area contributed by atoms with Gasteiger partial charge in [0.2, 0.25) is 0 Å². The highest BCUT2D eigenvalue weighted by Crippen LogP contribution is 2.29.